The average molecular weight is 299 g/mol. The summed E-state index contributed by atoms with van der Waals surface area (Å²) in [6.45, 7) is 6.60. The summed E-state index contributed by atoms with van der Waals surface area (Å²) in [5.41, 5.74) is 1.41. The molecule has 78 valence electrons. The molecule has 0 spiro atoms. The Morgan fingerprint density at radius 3 is 2.21 bits per heavy atom. The third-order valence-corrected chi connectivity index (χ3v) is 2.79. The SMILES string of the molecule is CC(C)NC(C)Cc1ccc([123I])cc1. The van der Waals surface area contributed by atoms with Crippen LogP contribution in [0.5, 0.6) is 0 Å². The van der Waals surface area contributed by atoms with Gasteiger partial charge in [0, 0.05) is 15.7 Å². The van der Waals surface area contributed by atoms with Gasteiger partial charge in [0.2, 0.25) is 0 Å². The van der Waals surface area contributed by atoms with Gasteiger partial charge in [-0.3, -0.25) is 0 Å². The van der Waals surface area contributed by atoms with Gasteiger partial charge in [0.1, 0.15) is 0 Å². The van der Waals surface area contributed by atoms with Crippen LogP contribution in [-0.2, 0) is 6.42 Å². The van der Waals surface area contributed by atoms with E-state index in [1.54, 1.807) is 0 Å². The number of benzene rings is 1. The maximum atomic E-state index is 3.50. The van der Waals surface area contributed by atoms with E-state index in [9.17, 15) is 0 Å². The molecule has 1 N–H and O–H groups in total. The largest absolute Gasteiger partial charge is 0.312 e. The zero-order chi connectivity index (χ0) is 10.6. The van der Waals surface area contributed by atoms with Crippen LogP contribution in [0.1, 0.15) is 26.3 Å². The first-order chi connectivity index (χ1) is 6.58. The lowest BCUT2D eigenvalue weighted by Gasteiger charge is -2.16. The molecule has 1 unspecified atom stereocenters. The zero-order valence-corrected chi connectivity index (χ0v) is 11.2. The van der Waals surface area contributed by atoms with Gasteiger partial charge in [-0.25, -0.2) is 0 Å². The molecule has 0 aliphatic heterocycles. The summed E-state index contributed by atoms with van der Waals surface area (Å²) in [6, 6.07) is 9.86. The first-order valence-electron chi connectivity index (χ1n) is 5.08. The Morgan fingerprint density at radius 1 is 1.14 bits per heavy atom. The van der Waals surface area contributed by atoms with Crippen LogP contribution in [-0.4, -0.2) is 12.1 Å². The molecule has 0 saturated heterocycles. The fraction of sp³-hybridized carbons (Fsp3) is 0.500. The smallest absolute Gasteiger partial charge is 0.0130 e. The minimum absolute atomic E-state index is 0.551. The molecule has 2 heteroatoms. The van der Waals surface area contributed by atoms with Crippen LogP contribution in [0.15, 0.2) is 24.3 Å². The first kappa shape index (κ1) is 12.0. The molecular formula is C12H18IN. The minimum Gasteiger partial charge on any atom is -0.312 e. The van der Waals surface area contributed by atoms with Gasteiger partial charge in [0.15, 0.2) is 0 Å². The molecular weight excluding hydrogens is 281 g/mol. The summed E-state index contributed by atoms with van der Waals surface area (Å²) in [4.78, 5) is 0. The number of halogens is 1. The van der Waals surface area contributed by atoms with E-state index in [4.69, 9.17) is 0 Å². The summed E-state index contributed by atoms with van der Waals surface area (Å²) in [5.74, 6) is 0. The van der Waals surface area contributed by atoms with Gasteiger partial charge in [0.25, 0.3) is 0 Å². The Labute approximate surface area is 100 Å². The molecule has 1 nitrogen and oxygen atoms in total. The molecule has 0 aromatic heterocycles. The fourth-order valence-corrected chi connectivity index (χ4v) is 1.96. The van der Waals surface area contributed by atoms with Gasteiger partial charge in [0.05, 0.1) is 0 Å². The highest BCUT2D eigenvalue weighted by Crippen LogP contribution is 2.08. The van der Waals surface area contributed by atoms with Gasteiger partial charge in [-0.05, 0) is 53.6 Å². The topological polar surface area (TPSA) is 12.0 Å². The van der Waals surface area contributed by atoms with E-state index in [-0.39, 0.29) is 0 Å². The van der Waals surface area contributed by atoms with Gasteiger partial charge < -0.3 is 5.32 Å². The van der Waals surface area contributed by atoms with Crippen molar-refractivity contribution >= 4 is 22.6 Å². The lowest BCUT2D eigenvalue weighted by molar-refractivity contribution is 0.488. The van der Waals surface area contributed by atoms with Gasteiger partial charge >= 0.3 is 0 Å². The third kappa shape index (κ3) is 4.42. The second-order valence-electron chi connectivity index (χ2n) is 4.05. The van der Waals surface area contributed by atoms with E-state index < -0.39 is 0 Å². The van der Waals surface area contributed by atoms with E-state index in [1.165, 1.54) is 9.13 Å². The summed E-state index contributed by atoms with van der Waals surface area (Å²) >= 11 is 2.33. The number of rotatable bonds is 4. The van der Waals surface area contributed by atoms with Crippen LogP contribution in [0.2, 0.25) is 0 Å². The Balaban J connectivity index is 2.47. The summed E-state index contributed by atoms with van der Waals surface area (Å²) in [6.07, 6.45) is 1.11. The van der Waals surface area contributed by atoms with Gasteiger partial charge in [-0.15, -0.1) is 0 Å². The zero-order valence-electron chi connectivity index (χ0n) is 9.05. The van der Waals surface area contributed by atoms with Crippen molar-refractivity contribution in [2.45, 2.75) is 39.3 Å². The lowest BCUT2D eigenvalue weighted by atomic mass is 10.1. The van der Waals surface area contributed by atoms with Crippen LogP contribution in [0.4, 0.5) is 0 Å². The molecule has 0 heterocycles. The minimum atomic E-state index is 0.551. The maximum absolute atomic E-state index is 3.50. The van der Waals surface area contributed by atoms with E-state index in [0.717, 1.165) is 6.42 Å². The first-order valence-corrected chi connectivity index (χ1v) is 6.16. The Hall–Kier alpha value is -0.0900. The number of nitrogens with one attached hydrogen (secondary N) is 1. The highest BCUT2D eigenvalue weighted by Gasteiger charge is 2.04. The second-order valence-corrected chi connectivity index (χ2v) is 5.30. The van der Waals surface area contributed by atoms with Crippen molar-refractivity contribution in [3.05, 3.63) is 33.4 Å². The van der Waals surface area contributed by atoms with Crippen LogP contribution in [0.25, 0.3) is 0 Å². The number of hydrogen-bond acceptors (Lipinski definition) is 1. The maximum Gasteiger partial charge on any atom is 0.0130 e. The summed E-state index contributed by atoms with van der Waals surface area (Å²) < 4.78 is 1.30. The predicted molar refractivity (Wildman–Crippen MR) is 70.6 cm³/mol. The fourth-order valence-electron chi connectivity index (χ4n) is 1.60. The van der Waals surface area contributed by atoms with Gasteiger partial charge in [-0.1, -0.05) is 26.0 Å². The number of hydrogen-bond donors (Lipinski definition) is 1. The van der Waals surface area contributed by atoms with Crippen molar-refractivity contribution in [2.24, 2.45) is 0 Å². The molecule has 0 saturated carbocycles. The van der Waals surface area contributed by atoms with Crippen molar-refractivity contribution < 1.29 is 0 Å². The molecule has 14 heavy (non-hydrogen) atoms. The standard InChI is InChI=1S/C12H18IN/c1-9(2)14-10(3)8-11-4-6-12(13)7-5-11/h4-7,9-10,14H,8H2,1-3H3/i13-4. The monoisotopic (exact) mass is 299 g/mol. The average Bonchev–Trinajstić information content (AvgIpc) is 2.07. The predicted octanol–water partition coefficient (Wildman–Crippen LogP) is 3.22. The van der Waals surface area contributed by atoms with Crippen LogP contribution in [0, 0.1) is 3.57 Å². The van der Waals surface area contributed by atoms with E-state index in [2.05, 4.69) is 72.9 Å². The Bertz CT molecular complexity index is 266. The summed E-state index contributed by atoms with van der Waals surface area (Å²) in [5, 5.41) is 3.50. The highest BCUT2D eigenvalue weighted by atomic mass is 123. The van der Waals surface area contributed by atoms with Crippen molar-refractivity contribution in [3.63, 3.8) is 0 Å². The normalized spacial score (nSPS) is 13.2. The van der Waals surface area contributed by atoms with E-state index >= 15 is 0 Å². The van der Waals surface area contributed by atoms with Crippen molar-refractivity contribution in [1.82, 2.24) is 5.32 Å². The Morgan fingerprint density at radius 2 is 1.71 bits per heavy atom. The van der Waals surface area contributed by atoms with Crippen LogP contribution < -0.4 is 5.32 Å². The highest BCUT2D eigenvalue weighted by molar-refractivity contribution is 14.1. The molecule has 0 aliphatic carbocycles. The molecule has 1 aromatic carbocycles. The van der Waals surface area contributed by atoms with E-state index in [0.29, 0.717) is 12.1 Å². The van der Waals surface area contributed by atoms with Crippen molar-refractivity contribution in [3.8, 4) is 0 Å². The van der Waals surface area contributed by atoms with Crippen molar-refractivity contribution in [2.75, 3.05) is 0 Å². The molecule has 0 radical (unpaired) electrons. The van der Waals surface area contributed by atoms with E-state index in [1.807, 2.05) is 0 Å². The quantitative estimate of drug-likeness (QED) is 0.842. The molecule has 0 bridgehead atoms. The van der Waals surface area contributed by atoms with Crippen LogP contribution >= 0.6 is 22.6 Å². The molecule has 0 amide bonds. The molecule has 1 atom stereocenters. The molecule has 0 fully saturated rings. The molecule has 0 aliphatic rings. The Kier molecular flexibility index (Phi) is 4.89. The second kappa shape index (κ2) is 5.71. The van der Waals surface area contributed by atoms with Crippen LogP contribution in [0.3, 0.4) is 0 Å². The van der Waals surface area contributed by atoms with Gasteiger partial charge in [-0.2, -0.15) is 0 Å². The molecule has 1 rings (SSSR count). The lowest BCUT2D eigenvalue weighted by Crippen LogP contribution is -2.33. The van der Waals surface area contributed by atoms with Crippen molar-refractivity contribution in [1.29, 1.82) is 0 Å². The molecule has 1 aromatic rings. The third-order valence-electron chi connectivity index (χ3n) is 2.07. The summed E-state index contributed by atoms with van der Waals surface area (Å²) in [7, 11) is 0.